The lowest BCUT2D eigenvalue weighted by molar-refractivity contribution is -0.146. The van der Waals surface area contributed by atoms with Gasteiger partial charge in [0, 0.05) is 11.3 Å². The lowest BCUT2D eigenvalue weighted by Crippen LogP contribution is -2.36. The van der Waals surface area contributed by atoms with Crippen LogP contribution in [-0.4, -0.2) is 22.8 Å². The Labute approximate surface area is 128 Å². The topological polar surface area (TPSA) is 83.5 Å². The number of hydrogen-bond donors (Lipinski definition) is 2. The van der Waals surface area contributed by atoms with Gasteiger partial charge in [0.1, 0.15) is 0 Å². The average molecular weight is 299 g/mol. The van der Waals surface area contributed by atoms with Crippen LogP contribution in [0.3, 0.4) is 0 Å². The maximum atomic E-state index is 12.5. The molecule has 2 bridgehead atoms. The molecule has 2 aliphatic rings. The predicted octanol–water partition coefficient (Wildman–Crippen LogP) is 2.35. The summed E-state index contributed by atoms with van der Waals surface area (Å²) in [7, 11) is 0. The first-order valence-electron chi connectivity index (χ1n) is 7.30. The van der Waals surface area contributed by atoms with Gasteiger partial charge in [0.05, 0.1) is 11.8 Å². The van der Waals surface area contributed by atoms with Gasteiger partial charge >= 0.3 is 5.97 Å². The molecule has 114 valence electrons. The number of carboxylic acid groups (broad SMARTS) is 1. The maximum Gasteiger partial charge on any atom is 0.307 e. The summed E-state index contributed by atoms with van der Waals surface area (Å²) in [6, 6.07) is 6.61. The molecule has 4 atom stereocenters. The van der Waals surface area contributed by atoms with E-state index in [4.69, 9.17) is 0 Å². The number of Topliss-reactive ketones (excluding diaryl/α,β-unsaturated/α-hetero) is 1. The number of ketones is 1. The normalized spacial score (nSPS) is 28.6. The standard InChI is InChI=1S/C17H17NO4/c1-9(19)10-4-6-13(7-5-10)18-16(20)14-11-2-3-12(8-11)15(14)17(21)22/h2-7,11-12,14-15H,8H2,1H3,(H,18,20)(H,21,22)/t11-,12-,14-,15-/m0/s1. The molecule has 1 amide bonds. The number of allylic oxidation sites excluding steroid dienone is 2. The zero-order valence-corrected chi connectivity index (χ0v) is 12.2. The second kappa shape index (κ2) is 5.40. The number of carboxylic acids is 1. The van der Waals surface area contributed by atoms with Crippen molar-refractivity contribution in [2.24, 2.45) is 23.7 Å². The predicted molar refractivity (Wildman–Crippen MR) is 80.4 cm³/mol. The molecule has 2 N–H and O–H groups in total. The summed E-state index contributed by atoms with van der Waals surface area (Å²) >= 11 is 0. The first-order valence-corrected chi connectivity index (χ1v) is 7.30. The van der Waals surface area contributed by atoms with Crippen molar-refractivity contribution in [1.82, 2.24) is 0 Å². The molecule has 0 spiro atoms. The monoisotopic (exact) mass is 299 g/mol. The molecule has 1 aromatic carbocycles. The molecule has 0 radical (unpaired) electrons. The van der Waals surface area contributed by atoms with Crippen molar-refractivity contribution in [3.05, 3.63) is 42.0 Å². The van der Waals surface area contributed by atoms with Gasteiger partial charge < -0.3 is 10.4 Å². The Bertz CT molecular complexity index is 662. The smallest absolute Gasteiger partial charge is 0.307 e. The van der Waals surface area contributed by atoms with E-state index < -0.39 is 17.8 Å². The highest BCUT2D eigenvalue weighted by molar-refractivity contribution is 5.98. The molecule has 5 nitrogen and oxygen atoms in total. The van der Waals surface area contributed by atoms with Crippen molar-refractivity contribution in [3.8, 4) is 0 Å². The Hall–Kier alpha value is -2.43. The largest absolute Gasteiger partial charge is 0.481 e. The van der Waals surface area contributed by atoms with Gasteiger partial charge in [-0.3, -0.25) is 14.4 Å². The molecule has 1 saturated carbocycles. The van der Waals surface area contributed by atoms with Gasteiger partial charge in [-0.1, -0.05) is 12.2 Å². The lowest BCUT2D eigenvalue weighted by atomic mass is 9.82. The van der Waals surface area contributed by atoms with Crippen LogP contribution in [0.1, 0.15) is 23.7 Å². The zero-order chi connectivity index (χ0) is 15.9. The van der Waals surface area contributed by atoms with Crippen LogP contribution < -0.4 is 5.32 Å². The molecule has 1 aromatic rings. The minimum atomic E-state index is -0.913. The van der Waals surface area contributed by atoms with E-state index in [9.17, 15) is 19.5 Å². The van der Waals surface area contributed by atoms with Crippen LogP contribution in [0, 0.1) is 23.7 Å². The van der Waals surface area contributed by atoms with Crippen molar-refractivity contribution < 1.29 is 19.5 Å². The first kappa shape index (κ1) is 14.5. The second-order valence-corrected chi connectivity index (χ2v) is 5.96. The quantitative estimate of drug-likeness (QED) is 0.660. The van der Waals surface area contributed by atoms with E-state index in [2.05, 4.69) is 5.32 Å². The number of anilines is 1. The van der Waals surface area contributed by atoms with Crippen LogP contribution in [0.15, 0.2) is 36.4 Å². The van der Waals surface area contributed by atoms with Crippen molar-refractivity contribution in [2.45, 2.75) is 13.3 Å². The molecular weight excluding hydrogens is 282 g/mol. The fourth-order valence-electron chi connectivity index (χ4n) is 3.53. The molecule has 2 aliphatic carbocycles. The van der Waals surface area contributed by atoms with Gasteiger partial charge in [0.25, 0.3) is 0 Å². The molecule has 0 aromatic heterocycles. The highest BCUT2D eigenvalue weighted by Gasteiger charge is 2.51. The van der Waals surface area contributed by atoms with E-state index in [-0.39, 0.29) is 23.5 Å². The summed E-state index contributed by atoms with van der Waals surface area (Å²) in [4.78, 5) is 35.1. The number of amides is 1. The molecule has 0 saturated heterocycles. The lowest BCUT2D eigenvalue weighted by Gasteiger charge is -2.23. The van der Waals surface area contributed by atoms with Gasteiger partial charge in [-0.2, -0.15) is 0 Å². The highest BCUT2D eigenvalue weighted by Crippen LogP contribution is 2.48. The highest BCUT2D eigenvalue weighted by atomic mass is 16.4. The van der Waals surface area contributed by atoms with Crippen LogP contribution in [0.5, 0.6) is 0 Å². The summed E-state index contributed by atoms with van der Waals surface area (Å²) in [5.74, 6) is -2.43. The van der Waals surface area contributed by atoms with Gasteiger partial charge in [-0.25, -0.2) is 0 Å². The van der Waals surface area contributed by atoms with E-state index in [1.165, 1.54) is 6.92 Å². The molecule has 0 heterocycles. The minimum Gasteiger partial charge on any atom is -0.481 e. The third-order valence-electron chi connectivity index (χ3n) is 4.61. The molecule has 22 heavy (non-hydrogen) atoms. The van der Waals surface area contributed by atoms with Crippen molar-refractivity contribution in [2.75, 3.05) is 5.32 Å². The molecule has 0 aliphatic heterocycles. The number of aliphatic carboxylic acids is 1. The number of carbonyl (C=O) groups is 3. The molecule has 1 fully saturated rings. The van der Waals surface area contributed by atoms with Crippen molar-refractivity contribution in [3.63, 3.8) is 0 Å². The van der Waals surface area contributed by atoms with Crippen LogP contribution >= 0.6 is 0 Å². The molecule has 3 rings (SSSR count). The maximum absolute atomic E-state index is 12.5. The third-order valence-corrected chi connectivity index (χ3v) is 4.61. The Morgan fingerprint density at radius 2 is 1.64 bits per heavy atom. The summed E-state index contributed by atoms with van der Waals surface area (Å²) in [6.45, 7) is 1.48. The molecular formula is C17H17NO4. The van der Waals surface area contributed by atoms with Crippen molar-refractivity contribution in [1.29, 1.82) is 0 Å². The molecule has 0 unspecified atom stereocenters. The summed E-state index contributed by atoms with van der Waals surface area (Å²) < 4.78 is 0. The number of fused-ring (bicyclic) bond motifs is 2. The van der Waals surface area contributed by atoms with E-state index in [0.717, 1.165) is 6.42 Å². The summed E-state index contributed by atoms with van der Waals surface area (Å²) in [5.41, 5.74) is 1.15. The SMILES string of the molecule is CC(=O)c1ccc(NC(=O)[C@@H]2[C@@H](C(=O)O)[C@H]3C=C[C@H]2C3)cc1. The van der Waals surface area contributed by atoms with E-state index in [1.54, 1.807) is 24.3 Å². The number of hydrogen-bond acceptors (Lipinski definition) is 3. The van der Waals surface area contributed by atoms with Crippen LogP contribution in [-0.2, 0) is 9.59 Å². The van der Waals surface area contributed by atoms with Crippen LogP contribution in [0.2, 0.25) is 0 Å². The Morgan fingerprint density at radius 3 is 2.18 bits per heavy atom. The molecule has 5 heteroatoms. The van der Waals surface area contributed by atoms with Crippen LogP contribution in [0.25, 0.3) is 0 Å². The third kappa shape index (κ3) is 2.43. The minimum absolute atomic E-state index is 0.00240. The van der Waals surface area contributed by atoms with Crippen molar-refractivity contribution >= 4 is 23.3 Å². The fraction of sp³-hybridized carbons (Fsp3) is 0.353. The van der Waals surface area contributed by atoms with E-state index in [0.29, 0.717) is 11.3 Å². The average Bonchev–Trinajstić information content (AvgIpc) is 3.08. The number of nitrogens with one attached hydrogen (secondary N) is 1. The Kier molecular flexibility index (Phi) is 3.56. The van der Waals surface area contributed by atoms with Crippen LogP contribution in [0.4, 0.5) is 5.69 Å². The number of rotatable bonds is 4. The second-order valence-electron chi connectivity index (χ2n) is 5.96. The van der Waals surface area contributed by atoms with Gasteiger partial charge in [-0.15, -0.1) is 0 Å². The zero-order valence-electron chi connectivity index (χ0n) is 12.2. The van der Waals surface area contributed by atoms with Gasteiger partial charge in [0.2, 0.25) is 5.91 Å². The van der Waals surface area contributed by atoms with E-state index >= 15 is 0 Å². The first-order chi connectivity index (χ1) is 10.5. The Balaban J connectivity index is 1.75. The Morgan fingerprint density at radius 1 is 1.05 bits per heavy atom. The number of benzene rings is 1. The summed E-state index contributed by atoms with van der Waals surface area (Å²) in [6.07, 6.45) is 4.60. The van der Waals surface area contributed by atoms with E-state index in [1.807, 2.05) is 12.2 Å². The summed E-state index contributed by atoms with van der Waals surface area (Å²) in [5, 5.41) is 12.1. The fourth-order valence-corrected chi connectivity index (χ4v) is 3.53. The van der Waals surface area contributed by atoms with Gasteiger partial charge in [-0.05, 0) is 49.4 Å². The van der Waals surface area contributed by atoms with Gasteiger partial charge in [0.15, 0.2) is 5.78 Å². The number of carbonyl (C=O) groups excluding carboxylic acids is 2.